The van der Waals surface area contributed by atoms with Crippen LogP contribution in [0.15, 0.2) is 83.8 Å². The molecule has 0 bridgehead atoms. The zero-order chi connectivity index (χ0) is 23.8. The summed E-state index contributed by atoms with van der Waals surface area (Å²) < 4.78 is 35.7. The summed E-state index contributed by atoms with van der Waals surface area (Å²) in [6.07, 6.45) is 0.587. The number of hydrogen-bond donors (Lipinski definition) is 1. The Morgan fingerprint density at radius 1 is 0.939 bits per heavy atom. The first-order valence-corrected chi connectivity index (χ1v) is 12.3. The van der Waals surface area contributed by atoms with Crippen molar-refractivity contribution in [2.75, 3.05) is 13.2 Å². The van der Waals surface area contributed by atoms with Crippen LogP contribution in [0.5, 0.6) is 5.75 Å². The van der Waals surface area contributed by atoms with Crippen molar-refractivity contribution in [3.8, 4) is 5.75 Å². The van der Waals surface area contributed by atoms with E-state index in [1.807, 2.05) is 37.3 Å². The molecule has 0 saturated carbocycles. The molecule has 33 heavy (non-hydrogen) atoms. The van der Waals surface area contributed by atoms with Gasteiger partial charge in [-0.1, -0.05) is 60.2 Å². The number of carbonyl (C=O) groups excluding carboxylic acids is 1. The van der Waals surface area contributed by atoms with Gasteiger partial charge >= 0.3 is 16.1 Å². The van der Waals surface area contributed by atoms with E-state index in [0.29, 0.717) is 6.42 Å². The Hall–Kier alpha value is -3.16. The van der Waals surface area contributed by atoms with Gasteiger partial charge in [-0.15, -0.1) is 0 Å². The fourth-order valence-electron chi connectivity index (χ4n) is 3.68. The fraction of sp³-hybridized carbons (Fsp3) is 0.269. The average Bonchev–Trinajstić information content (AvgIpc) is 2.80. The van der Waals surface area contributed by atoms with Gasteiger partial charge in [0, 0.05) is 12.5 Å². The Bertz CT molecular complexity index is 1140. The Morgan fingerprint density at radius 2 is 1.58 bits per heavy atom. The third-order valence-corrected chi connectivity index (χ3v) is 6.71. The first kappa shape index (κ1) is 24.5. The van der Waals surface area contributed by atoms with Crippen molar-refractivity contribution >= 4 is 16.1 Å². The minimum Gasteiger partial charge on any atom is -0.466 e. The molecule has 6 nitrogen and oxygen atoms in total. The second-order valence-electron chi connectivity index (χ2n) is 7.81. The molecular weight excluding hydrogens is 438 g/mol. The van der Waals surface area contributed by atoms with E-state index in [9.17, 15) is 13.2 Å². The highest BCUT2D eigenvalue weighted by molar-refractivity contribution is 7.87. The lowest BCUT2D eigenvalue weighted by molar-refractivity contribution is -0.148. The number of rotatable bonds is 10. The van der Waals surface area contributed by atoms with Crippen LogP contribution in [-0.4, -0.2) is 27.5 Å². The second kappa shape index (κ2) is 11.1. The average molecular weight is 468 g/mol. The van der Waals surface area contributed by atoms with Crippen molar-refractivity contribution < 1.29 is 22.1 Å². The van der Waals surface area contributed by atoms with Gasteiger partial charge < -0.3 is 14.7 Å². The zero-order valence-corrected chi connectivity index (χ0v) is 19.6. The molecule has 3 aromatic rings. The summed E-state index contributed by atoms with van der Waals surface area (Å²) in [7, 11) is -3.95. The predicted octanol–water partition coefficient (Wildman–Crippen LogP) is 4.23. The summed E-state index contributed by atoms with van der Waals surface area (Å²) in [6.45, 7) is 4.05. The third kappa shape index (κ3) is 6.43. The maximum Gasteiger partial charge on any atom is 0.339 e. The maximum absolute atomic E-state index is 12.6. The standard InChI is InChI=1S/C26H29NO5S/c1-3-31-26(28)25(18-27)24(17-20-7-5-4-6-8-20)21-11-13-22(14-12-21)32-33(29,30)23-15-9-19(2)10-16-23/h4-16,24-25H,3,17-18,27H2,1-2H3. The van der Waals surface area contributed by atoms with Gasteiger partial charge in [-0.3, -0.25) is 4.79 Å². The minimum atomic E-state index is -3.95. The molecule has 2 unspecified atom stereocenters. The van der Waals surface area contributed by atoms with E-state index >= 15 is 0 Å². The van der Waals surface area contributed by atoms with Gasteiger partial charge in [0.1, 0.15) is 10.6 Å². The largest absolute Gasteiger partial charge is 0.466 e. The van der Waals surface area contributed by atoms with E-state index in [1.165, 1.54) is 12.1 Å². The van der Waals surface area contributed by atoms with Crippen LogP contribution in [0, 0.1) is 12.8 Å². The van der Waals surface area contributed by atoms with Crippen molar-refractivity contribution in [3.05, 3.63) is 95.6 Å². The lowest BCUT2D eigenvalue weighted by Gasteiger charge is -2.25. The van der Waals surface area contributed by atoms with Crippen molar-refractivity contribution in [1.82, 2.24) is 0 Å². The van der Waals surface area contributed by atoms with Crippen molar-refractivity contribution in [2.24, 2.45) is 11.7 Å². The summed E-state index contributed by atoms with van der Waals surface area (Å²) in [6, 6.07) is 23.0. The summed E-state index contributed by atoms with van der Waals surface area (Å²) in [5, 5.41) is 0. The van der Waals surface area contributed by atoms with E-state index in [0.717, 1.165) is 16.7 Å². The molecule has 0 fully saturated rings. The van der Waals surface area contributed by atoms with Gasteiger partial charge in [0.15, 0.2) is 0 Å². The highest BCUT2D eigenvalue weighted by Gasteiger charge is 2.30. The van der Waals surface area contributed by atoms with E-state index in [1.54, 1.807) is 43.3 Å². The molecular formula is C26H29NO5S. The monoisotopic (exact) mass is 467 g/mol. The van der Waals surface area contributed by atoms with Crippen LogP contribution in [0.2, 0.25) is 0 Å². The molecule has 7 heteroatoms. The molecule has 3 rings (SSSR count). The highest BCUT2D eigenvalue weighted by atomic mass is 32.2. The lowest BCUT2D eigenvalue weighted by Crippen LogP contribution is -2.32. The van der Waals surface area contributed by atoms with Gasteiger partial charge in [0.2, 0.25) is 0 Å². The molecule has 0 heterocycles. The molecule has 0 radical (unpaired) electrons. The summed E-state index contributed by atoms with van der Waals surface area (Å²) >= 11 is 0. The van der Waals surface area contributed by atoms with E-state index in [-0.39, 0.29) is 35.7 Å². The van der Waals surface area contributed by atoms with Crippen molar-refractivity contribution in [1.29, 1.82) is 0 Å². The number of carbonyl (C=O) groups is 1. The molecule has 0 aliphatic heterocycles. The molecule has 0 amide bonds. The fourth-order valence-corrected chi connectivity index (χ4v) is 4.61. The van der Waals surface area contributed by atoms with E-state index < -0.39 is 16.0 Å². The highest BCUT2D eigenvalue weighted by Crippen LogP contribution is 2.31. The Balaban J connectivity index is 1.86. The molecule has 2 N–H and O–H groups in total. The van der Waals surface area contributed by atoms with Gasteiger partial charge in [0.05, 0.1) is 12.5 Å². The Kier molecular flexibility index (Phi) is 8.25. The third-order valence-electron chi connectivity index (χ3n) is 5.45. The smallest absolute Gasteiger partial charge is 0.339 e. The molecule has 3 aromatic carbocycles. The maximum atomic E-state index is 12.6. The molecule has 174 valence electrons. The summed E-state index contributed by atoms with van der Waals surface area (Å²) in [4.78, 5) is 12.7. The summed E-state index contributed by atoms with van der Waals surface area (Å²) in [5.41, 5.74) is 8.85. The zero-order valence-electron chi connectivity index (χ0n) is 18.8. The van der Waals surface area contributed by atoms with Crippen molar-refractivity contribution in [2.45, 2.75) is 31.1 Å². The molecule has 0 aliphatic carbocycles. The van der Waals surface area contributed by atoms with Crippen LogP contribution in [0.4, 0.5) is 0 Å². The first-order chi connectivity index (χ1) is 15.8. The van der Waals surface area contributed by atoms with Crippen LogP contribution >= 0.6 is 0 Å². The van der Waals surface area contributed by atoms with Crippen LogP contribution < -0.4 is 9.92 Å². The quantitative estimate of drug-likeness (QED) is 0.354. The molecule has 0 aromatic heterocycles. The molecule has 0 saturated heterocycles. The SMILES string of the molecule is CCOC(=O)C(CN)C(Cc1ccccc1)c1ccc(OS(=O)(=O)c2ccc(C)cc2)cc1. The van der Waals surface area contributed by atoms with E-state index in [4.69, 9.17) is 14.7 Å². The van der Waals surface area contributed by atoms with Gasteiger partial charge in [-0.2, -0.15) is 8.42 Å². The van der Waals surface area contributed by atoms with Crippen LogP contribution in [-0.2, 0) is 26.1 Å². The summed E-state index contributed by atoms with van der Waals surface area (Å²) in [5.74, 6) is -0.922. The Labute approximate surface area is 195 Å². The van der Waals surface area contributed by atoms with Crippen LogP contribution in [0.25, 0.3) is 0 Å². The normalized spacial score (nSPS) is 13.2. The molecule has 2 atom stereocenters. The predicted molar refractivity (Wildman–Crippen MR) is 127 cm³/mol. The molecule has 0 spiro atoms. The number of hydrogen-bond acceptors (Lipinski definition) is 6. The van der Waals surface area contributed by atoms with Gasteiger partial charge in [-0.25, -0.2) is 0 Å². The second-order valence-corrected chi connectivity index (χ2v) is 9.36. The number of benzene rings is 3. The lowest BCUT2D eigenvalue weighted by atomic mass is 9.81. The number of nitrogens with two attached hydrogens (primary N) is 1. The number of esters is 1. The minimum absolute atomic E-state index is 0.0876. The topological polar surface area (TPSA) is 95.7 Å². The number of aryl methyl sites for hydroxylation is 1. The first-order valence-electron chi connectivity index (χ1n) is 10.9. The Morgan fingerprint density at radius 3 is 2.15 bits per heavy atom. The molecule has 0 aliphatic rings. The van der Waals surface area contributed by atoms with Gasteiger partial charge in [0.25, 0.3) is 0 Å². The van der Waals surface area contributed by atoms with Crippen LogP contribution in [0.1, 0.15) is 29.5 Å². The van der Waals surface area contributed by atoms with Crippen LogP contribution in [0.3, 0.4) is 0 Å². The van der Waals surface area contributed by atoms with Crippen molar-refractivity contribution in [3.63, 3.8) is 0 Å². The number of ether oxygens (including phenoxy) is 1. The van der Waals surface area contributed by atoms with E-state index in [2.05, 4.69) is 0 Å². The van der Waals surface area contributed by atoms with Gasteiger partial charge in [-0.05, 0) is 55.7 Å².